The van der Waals surface area contributed by atoms with E-state index in [-0.39, 0.29) is 0 Å². The third-order valence-electron chi connectivity index (χ3n) is 3.42. The van der Waals surface area contributed by atoms with Crippen molar-refractivity contribution < 1.29 is 4.42 Å². The molecule has 96 valence electrons. The van der Waals surface area contributed by atoms with E-state index in [9.17, 15) is 0 Å². The van der Waals surface area contributed by atoms with Gasteiger partial charge in [-0.05, 0) is 56.6 Å². The van der Waals surface area contributed by atoms with Gasteiger partial charge in [-0.25, -0.2) is 0 Å². The van der Waals surface area contributed by atoms with Gasteiger partial charge in [0.05, 0.1) is 6.26 Å². The molecule has 18 heavy (non-hydrogen) atoms. The Hall–Kier alpha value is -1.54. The molecule has 0 aliphatic rings. The van der Waals surface area contributed by atoms with Gasteiger partial charge in [-0.1, -0.05) is 17.7 Å². The maximum Gasteiger partial charge on any atom is 0.105 e. The van der Waals surface area contributed by atoms with E-state index in [0.29, 0.717) is 6.04 Å². The molecule has 2 nitrogen and oxygen atoms in total. The summed E-state index contributed by atoms with van der Waals surface area (Å²) in [5.41, 5.74) is 5.40. The van der Waals surface area contributed by atoms with Gasteiger partial charge in [0.25, 0.3) is 0 Å². The number of furan rings is 1. The zero-order chi connectivity index (χ0) is 13.1. The van der Waals surface area contributed by atoms with Gasteiger partial charge in [0.1, 0.15) is 5.76 Å². The fourth-order valence-corrected chi connectivity index (χ4v) is 2.72. The highest BCUT2D eigenvalue weighted by Crippen LogP contribution is 2.26. The molecule has 0 aliphatic carbocycles. The molecule has 0 spiro atoms. The lowest BCUT2D eigenvalue weighted by Gasteiger charge is -2.21. The lowest BCUT2D eigenvalue weighted by atomic mass is 9.92. The standard InChI is InChI=1S/C16H21NO/c1-11-8-12(2)16(13(3)9-11)15(17-4)10-14-6-5-7-18-14/h5-9,15,17H,10H2,1-4H3. The lowest BCUT2D eigenvalue weighted by molar-refractivity contribution is 0.464. The second kappa shape index (κ2) is 5.40. The Balaban J connectivity index is 2.33. The van der Waals surface area contributed by atoms with Gasteiger partial charge in [0.15, 0.2) is 0 Å². The summed E-state index contributed by atoms with van der Waals surface area (Å²) in [6, 6.07) is 8.76. The third-order valence-corrected chi connectivity index (χ3v) is 3.42. The smallest absolute Gasteiger partial charge is 0.105 e. The first-order valence-electron chi connectivity index (χ1n) is 6.39. The van der Waals surface area contributed by atoms with E-state index in [4.69, 9.17) is 4.42 Å². The number of benzene rings is 1. The second-order valence-electron chi connectivity index (χ2n) is 4.94. The summed E-state index contributed by atoms with van der Waals surface area (Å²) in [5.74, 6) is 1.02. The van der Waals surface area contributed by atoms with Crippen LogP contribution in [-0.4, -0.2) is 7.05 Å². The van der Waals surface area contributed by atoms with Crippen LogP contribution in [0.2, 0.25) is 0 Å². The summed E-state index contributed by atoms with van der Waals surface area (Å²) in [5, 5.41) is 3.40. The average Bonchev–Trinajstić information content (AvgIpc) is 2.79. The van der Waals surface area contributed by atoms with Gasteiger partial charge in [0, 0.05) is 12.5 Å². The average molecular weight is 243 g/mol. The van der Waals surface area contributed by atoms with Crippen molar-refractivity contribution in [1.29, 1.82) is 0 Å². The number of likely N-dealkylation sites (N-methyl/N-ethyl adjacent to an activating group) is 1. The molecule has 0 saturated heterocycles. The SMILES string of the molecule is CNC(Cc1ccco1)c1c(C)cc(C)cc1C. The largest absolute Gasteiger partial charge is 0.469 e. The molecular formula is C16H21NO. The van der Waals surface area contributed by atoms with Crippen LogP contribution in [0.3, 0.4) is 0 Å². The molecule has 0 bridgehead atoms. The molecule has 0 aliphatic heterocycles. The maximum absolute atomic E-state index is 5.45. The number of hydrogen-bond acceptors (Lipinski definition) is 2. The Bertz CT molecular complexity index is 491. The minimum atomic E-state index is 0.303. The van der Waals surface area contributed by atoms with Crippen LogP contribution in [0, 0.1) is 20.8 Å². The molecule has 1 aromatic heterocycles. The van der Waals surface area contributed by atoms with Gasteiger partial charge in [-0.3, -0.25) is 0 Å². The van der Waals surface area contributed by atoms with Crippen molar-refractivity contribution in [2.45, 2.75) is 33.2 Å². The topological polar surface area (TPSA) is 25.2 Å². The van der Waals surface area contributed by atoms with Crippen LogP contribution in [0.1, 0.15) is 34.1 Å². The number of rotatable bonds is 4. The molecule has 0 amide bonds. The van der Waals surface area contributed by atoms with Crippen molar-refractivity contribution in [3.8, 4) is 0 Å². The first-order valence-corrected chi connectivity index (χ1v) is 6.39. The monoisotopic (exact) mass is 243 g/mol. The molecule has 2 rings (SSSR count). The molecule has 2 heteroatoms. The van der Waals surface area contributed by atoms with E-state index < -0.39 is 0 Å². The Kier molecular flexibility index (Phi) is 3.87. The lowest BCUT2D eigenvalue weighted by Crippen LogP contribution is -2.20. The van der Waals surface area contributed by atoms with Crippen LogP contribution in [0.15, 0.2) is 34.9 Å². The van der Waals surface area contributed by atoms with Crippen molar-refractivity contribution in [1.82, 2.24) is 5.32 Å². The van der Waals surface area contributed by atoms with Gasteiger partial charge in [0.2, 0.25) is 0 Å². The third kappa shape index (κ3) is 2.65. The molecule has 1 unspecified atom stereocenters. The molecular weight excluding hydrogens is 222 g/mol. The van der Waals surface area contributed by atoms with Crippen LogP contribution in [0.25, 0.3) is 0 Å². The zero-order valence-corrected chi connectivity index (χ0v) is 11.6. The fourth-order valence-electron chi connectivity index (χ4n) is 2.72. The molecule has 2 aromatic rings. The van der Waals surface area contributed by atoms with Crippen LogP contribution >= 0.6 is 0 Å². The summed E-state index contributed by atoms with van der Waals surface area (Å²) in [6.07, 6.45) is 2.62. The van der Waals surface area contributed by atoms with E-state index in [1.54, 1.807) is 6.26 Å². The van der Waals surface area contributed by atoms with Crippen LogP contribution in [0.5, 0.6) is 0 Å². The zero-order valence-electron chi connectivity index (χ0n) is 11.6. The highest BCUT2D eigenvalue weighted by molar-refractivity contribution is 5.40. The molecule has 0 saturated carbocycles. The summed E-state index contributed by atoms with van der Waals surface area (Å²) in [6.45, 7) is 6.51. The van der Waals surface area contributed by atoms with Gasteiger partial charge >= 0.3 is 0 Å². The summed E-state index contributed by atoms with van der Waals surface area (Å²) < 4.78 is 5.45. The van der Waals surface area contributed by atoms with Gasteiger partial charge in [-0.2, -0.15) is 0 Å². The fraction of sp³-hybridized carbons (Fsp3) is 0.375. The van der Waals surface area contributed by atoms with Crippen molar-refractivity contribution in [2.24, 2.45) is 0 Å². The summed E-state index contributed by atoms with van der Waals surface area (Å²) >= 11 is 0. The quantitative estimate of drug-likeness (QED) is 0.885. The van der Waals surface area contributed by atoms with Gasteiger partial charge < -0.3 is 9.73 Å². The molecule has 0 fully saturated rings. The van der Waals surface area contributed by atoms with E-state index in [0.717, 1.165) is 12.2 Å². The first-order chi connectivity index (χ1) is 8.61. The van der Waals surface area contributed by atoms with Crippen molar-refractivity contribution >= 4 is 0 Å². The number of hydrogen-bond donors (Lipinski definition) is 1. The highest BCUT2D eigenvalue weighted by atomic mass is 16.3. The van der Waals surface area contributed by atoms with Crippen molar-refractivity contribution in [2.75, 3.05) is 7.05 Å². The second-order valence-corrected chi connectivity index (χ2v) is 4.94. The minimum Gasteiger partial charge on any atom is -0.469 e. The summed E-state index contributed by atoms with van der Waals surface area (Å²) in [7, 11) is 2.01. The Morgan fingerprint density at radius 1 is 1.17 bits per heavy atom. The maximum atomic E-state index is 5.45. The predicted molar refractivity (Wildman–Crippen MR) is 74.9 cm³/mol. The normalized spacial score (nSPS) is 12.7. The van der Waals surface area contributed by atoms with Crippen molar-refractivity contribution in [3.63, 3.8) is 0 Å². The number of nitrogens with one attached hydrogen (secondary N) is 1. The van der Waals surface area contributed by atoms with Crippen LogP contribution in [0.4, 0.5) is 0 Å². The highest BCUT2D eigenvalue weighted by Gasteiger charge is 2.16. The van der Waals surface area contributed by atoms with E-state index >= 15 is 0 Å². The Morgan fingerprint density at radius 2 is 1.83 bits per heavy atom. The Morgan fingerprint density at radius 3 is 2.33 bits per heavy atom. The van der Waals surface area contributed by atoms with Crippen molar-refractivity contribution in [3.05, 3.63) is 58.5 Å². The van der Waals surface area contributed by atoms with Gasteiger partial charge in [-0.15, -0.1) is 0 Å². The van der Waals surface area contributed by atoms with E-state index in [1.165, 1.54) is 22.3 Å². The van der Waals surface area contributed by atoms with Crippen LogP contribution < -0.4 is 5.32 Å². The molecule has 1 N–H and O–H groups in total. The molecule has 1 aromatic carbocycles. The molecule has 1 heterocycles. The minimum absolute atomic E-state index is 0.303. The first kappa shape index (κ1) is 12.9. The van der Waals surface area contributed by atoms with E-state index in [1.807, 2.05) is 19.2 Å². The molecule has 1 atom stereocenters. The molecule has 0 radical (unpaired) electrons. The number of aryl methyl sites for hydroxylation is 3. The van der Waals surface area contributed by atoms with E-state index in [2.05, 4.69) is 38.2 Å². The summed E-state index contributed by atoms with van der Waals surface area (Å²) in [4.78, 5) is 0. The predicted octanol–water partition coefficient (Wildman–Crippen LogP) is 3.71. The Labute approximate surface area is 109 Å². The van der Waals surface area contributed by atoms with Crippen LogP contribution in [-0.2, 0) is 6.42 Å².